The van der Waals surface area contributed by atoms with Crippen molar-refractivity contribution >= 4 is 23.5 Å². The second kappa shape index (κ2) is 5.09. The SMILES string of the molecule is C[C@H](NC(=O)[C@H]1[C@@H](C(=O)O)C1(C)C)c1cccc(Cl)c1. The maximum atomic E-state index is 12.2. The third-order valence-corrected chi connectivity index (χ3v) is 4.32. The first-order valence-corrected chi connectivity index (χ1v) is 6.91. The average molecular weight is 296 g/mol. The van der Waals surface area contributed by atoms with Crippen molar-refractivity contribution in [1.29, 1.82) is 0 Å². The first-order chi connectivity index (χ1) is 9.25. The second-order valence-electron chi connectivity index (χ2n) is 5.90. The molecule has 4 nitrogen and oxygen atoms in total. The number of carboxylic acids is 1. The maximum Gasteiger partial charge on any atom is 0.307 e. The monoisotopic (exact) mass is 295 g/mol. The molecule has 108 valence electrons. The Bertz CT molecular complexity index is 556. The van der Waals surface area contributed by atoms with E-state index in [1.165, 1.54) is 0 Å². The number of carbonyl (C=O) groups is 2. The van der Waals surface area contributed by atoms with Gasteiger partial charge in [-0.25, -0.2) is 0 Å². The van der Waals surface area contributed by atoms with Crippen molar-refractivity contribution in [2.75, 3.05) is 0 Å². The van der Waals surface area contributed by atoms with Crippen molar-refractivity contribution in [2.24, 2.45) is 17.3 Å². The van der Waals surface area contributed by atoms with Crippen LogP contribution in [0.2, 0.25) is 5.02 Å². The van der Waals surface area contributed by atoms with Crippen LogP contribution in [0.5, 0.6) is 0 Å². The zero-order chi connectivity index (χ0) is 15.1. The van der Waals surface area contributed by atoms with E-state index in [0.717, 1.165) is 5.56 Å². The third kappa shape index (κ3) is 2.66. The number of carbonyl (C=O) groups excluding carboxylic acids is 1. The molecular weight excluding hydrogens is 278 g/mol. The summed E-state index contributed by atoms with van der Waals surface area (Å²) in [7, 11) is 0. The van der Waals surface area contributed by atoms with Gasteiger partial charge < -0.3 is 10.4 Å². The van der Waals surface area contributed by atoms with Crippen LogP contribution in [-0.4, -0.2) is 17.0 Å². The molecule has 1 aliphatic carbocycles. The highest BCUT2D eigenvalue weighted by Crippen LogP contribution is 2.58. The molecule has 0 unspecified atom stereocenters. The largest absolute Gasteiger partial charge is 0.481 e. The molecule has 2 N–H and O–H groups in total. The highest BCUT2D eigenvalue weighted by Gasteiger charge is 2.65. The van der Waals surface area contributed by atoms with Gasteiger partial charge in [-0.1, -0.05) is 37.6 Å². The van der Waals surface area contributed by atoms with Crippen LogP contribution in [0.1, 0.15) is 32.4 Å². The van der Waals surface area contributed by atoms with Crippen LogP contribution in [0.15, 0.2) is 24.3 Å². The molecule has 1 aliphatic rings. The molecular formula is C15H18ClNO3. The normalized spacial score (nSPS) is 24.8. The third-order valence-electron chi connectivity index (χ3n) is 4.08. The predicted molar refractivity (Wildman–Crippen MR) is 76.4 cm³/mol. The van der Waals surface area contributed by atoms with E-state index in [1.54, 1.807) is 26.0 Å². The lowest BCUT2D eigenvalue weighted by atomic mass is 10.1. The van der Waals surface area contributed by atoms with Gasteiger partial charge in [0.15, 0.2) is 0 Å². The van der Waals surface area contributed by atoms with Gasteiger partial charge in [0.25, 0.3) is 0 Å². The van der Waals surface area contributed by atoms with Gasteiger partial charge in [0, 0.05) is 5.02 Å². The molecule has 3 atom stereocenters. The topological polar surface area (TPSA) is 66.4 Å². The van der Waals surface area contributed by atoms with Gasteiger partial charge >= 0.3 is 5.97 Å². The maximum absolute atomic E-state index is 12.2. The molecule has 0 aliphatic heterocycles. The molecule has 1 fully saturated rings. The lowest BCUT2D eigenvalue weighted by Gasteiger charge is -2.15. The fraction of sp³-hybridized carbons (Fsp3) is 0.467. The Labute approximate surface area is 123 Å². The summed E-state index contributed by atoms with van der Waals surface area (Å²) in [4.78, 5) is 23.3. The number of carboxylic acid groups (broad SMARTS) is 1. The van der Waals surface area contributed by atoms with E-state index in [2.05, 4.69) is 5.32 Å². The molecule has 0 bridgehead atoms. The first-order valence-electron chi connectivity index (χ1n) is 6.53. The minimum atomic E-state index is -0.912. The number of nitrogens with one attached hydrogen (secondary N) is 1. The van der Waals surface area contributed by atoms with Crippen molar-refractivity contribution in [3.05, 3.63) is 34.9 Å². The fourth-order valence-electron chi connectivity index (χ4n) is 2.75. The Morgan fingerprint density at radius 2 is 2.00 bits per heavy atom. The quantitative estimate of drug-likeness (QED) is 0.897. The van der Waals surface area contributed by atoms with E-state index < -0.39 is 23.2 Å². The molecule has 1 amide bonds. The molecule has 1 aromatic carbocycles. The number of hydrogen-bond donors (Lipinski definition) is 2. The summed E-state index contributed by atoms with van der Waals surface area (Å²) in [6.07, 6.45) is 0. The minimum absolute atomic E-state index is 0.202. The molecule has 5 heteroatoms. The number of hydrogen-bond acceptors (Lipinski definition) is 2. The first kappa shape index (κ1) is 14.9. The number of halogens is 1. The Kier molecular flexibility index (Phi) is 3.78. The molecule has 0 saturated heterocycles. The summed E-state index contributed by atoms with van der Waals surface area (Å²) in [5.74, 6) is -2.20. The van der Waals surface area contributed by atoms with E-state index in [-0.39, 0.29) is 11.9 Å². The zero-order valence-corrected chi connectivity index (χ0v) is 12.4. The van der Waals surface area contributed by atoms with Gasteiger partial charge in [0.1, 0.15) is 0 Å². The van der Waals surface area contributed by atoms with Gasteiger partial charge in [-0.15, -0.1) is 0 Å². The molecule has 0 spiro atoms. The van der Waals surface area contributed by atoms with Gasteiger partial charge in [0.05, 0.1) is 17.9 Å². The van der Waals surface area contributed by atoms with Crippen LogP contribution in [0.4, 0.5) is 0 Å². The predicted octanol–water partition coefficient (Wildman–Crippen LogP) is 2.87. The van der Waals surface area contributed by atoms with Crippen LogP contribution in [0.3, 0.4) is 0 Å². The highest BCUT2D eigenvalue weighted by atomic mass is 35.5. The van der Waals surface area contributed by atoms with Gasteiger partial charge in [0.2, 0.25) is 5.91 Å². The van der Waals surface area contributed by atoms with E-state index in [0.29, 0.717) is 5.02 Å². The van der Waals surface area contributed by atoms with Crippen LogP contribution in [0.25, 0.3) is 0 Å². The summed E-state index contributed by atoms with van der Waals surface area (Å²) in [6.45, 7) is 5.47. The van der Waals surface area contributed by atoms with Crippen molar-refractivity contribution in [2.45, 2.75) is 26.8 Å². The molecule has 1 saturated carbocycles. The number of amides is 1. The molecule has 2 rings (SSSR count). The summed E-state index contributed by atoms with van der Waals surface area (Å²) < 4.78 is 0. The van der Waals surface area contributed by atoms with E-state index in [9.17, 15) is 9.59 Å². The fourth-order valence-corrected chi connectivity index (χ4v) is 2.95. The van der Waals surface area contributed by atoms with E-state index in [4.69, 9.17) is 16.7 Å². The lowest BCUT2D eigenvalue weighted by Crippen LogP contribution is -2.30. The molecule has 0 aromatic heterocycles. The second-order valence-corrected chi connectivity index (χ2v) is 6.34. The Morgan fingerprint density at radius 3 is 2.50 bits per heavy atom. The molecule has 1 aromatic rings. The van der Waals surface area contributed by atoms with Crippen LogP contribution < -0.4 is 5.32 Å². The van der Waals surface area contributed by atoms with Crippen molar-refractivity contribution in [1.82, 2.24) is 5.32 Å². The standard InChI is InChI=1S/C15H18ClNO3/c1-8(9-5-4-6-10(16)7-9)17-13(18)11-12(14(19)20)15(11,2)3/h4-8,11-12H,1-3H3,(H,17,18)(H,19,20)/t8-,11+,12-/m0/s1. The summed E-state index contributed by atoms with van der Waals surface area (Å²) >= 11 is 5.92. The van der Waals surface area contributed by atoms with Crippen molar-refractivity contribution in [3.63, 3.8) is 0 Å². The van der Waals surface area contributed by atoms with Crippen LogP contribution >= 0.6 is 11.6 Å². The van der Waals surface area contributed by atoms with Crippen LogP contribution in [0, 0.1) is 17.3 Å². The Balaban J connectivity index is 2.04. The van der Waals surface area contributed by atoms with Crippen molar-refractivity contribution < 1.29 is 14.7 Å². The van der Waals surface area contributed by atoms with Gasteiger partial charge in [-0.3, -0.25) is 9.59 Å². The van der Waals surface area contributed by atoms with Crippen molar-refractivity contribution in [3.8, 4) is 0 Å². The lowest BCUT2D eigenvalue weighted by molar-refractivity contribution is -0.140. The van der Waals surface area contributed by atoms with E-state index >= 15 is 0 Å². The summed E-state index contributed by atoms with van der Waals surface area (Å²) in [5.41, 5.74) is 0.417. The minimum Gasteiger partial charge on any atom is -0.481 e. The summed E-state index contributed by atoms with van der Waals surface area (Å²) in [6, 6.07) is 7.06. The molecule has 0 heterocycles. The Hall–Kier alpha value is -1.55. The van der Waals surface area contributed by atoms with Gasteiger partial charge in [-0.2, -0.15) is 0 Å². The summed E-state index contributed by atoms with van der Waals surface area (Å²) in [5, 5.41) is 12.6. The number of aliphatic carboxylic acids is 1. The number of benzene rings is 1. The number of rotatable bonds is 4. The Morgan fingerprint density at radius 1 is 1.35 bits per heavy atom. The molecule has 20 heavy (non-hydrogen) atoms. The van der Waals surface area contributed by atoms with Crippen LogP contribution in [-0.2, 0) is 9.59 Å². The van der Waals surface area contributed by atoms with E-state index in [1.807, 2.05) is 19.1 Å². The molecule has 0 radical (unpaired) electrons. The smallest absolute Gasteiger partial charge is 0.307 e. The van der Waals surface area contributed by atoms with Gasteiger partial charge in [-0.05, 0) is 30.0 Å². The highest BCUT2D eigenvalue weighted by molar-refractivity contribution is 6.30. The zero-order valence-electron chi connectivity index (χ0n) is 11.7. The average Bonchev–Trinajstić information content (AvgIpc) is 2.92.